The van der Waals surface area contributed by atoms with Crippen LogP contribution >= 0.6 is 11.3 Å². The Morgan fingerprint density at radius 2 is 2.04 bits per heavy atom. The minimum atomic E-state index is -3.61. The smallest absolute Gasteiger partial charge is 0.271 e. The van der Waals surface area contributed by atoms with E-state index in [1.54, 1.807) is 18.2 Å². The number of para-hydroxylation sites is 1. The number of aromatic nitrogens is 2. The quantitative estimate of drug-likeness (QED) is 0.661. The second-order valence-corrected chi connectivity index (χ2v) is 9.41. The van der Waals surface area contributed by atoms with E-state index >= 15 is 0 Å². The molecule has 0 unspecified atom stereocenters. The Balaban J connectivity index is 1.56. The van der Waals surface area contributed by atoms with Gasteiger partial charge in [0.25, 0.3) is 10.0 Å². The van der Waals surface area contributed by atoms with Gasteiger partial charge < -0.3 is 4.52 Å². The lowest BCUT2D eigenvalue weighted by Gasteiger charge is -2.10. The summed E-state index contributed by atoms with van der Waals surface area (Å²) in [5, 5.41) is 4.02. The van der Waals surface area contributed by atoms with Crippen LogP contribution in [0.3, 0.4) is 0 Å². The number of anilines is 1. The molecule has 2 heterocycles. The van der Waals surface area contributed by atoms with E-state index in [1.807, 2.05) is 25.1 Å². The number of nitrogens with zero attached hydrogens (tertiary/aromatic N) is 2. The number of aryl methyl sites for hydroxylation is 1. The fraction of sp³-hybridized carbons (Fsp3) is 0.333. The molecule has 0 amide bonds. The number of hydrogen-bond acceptors (Lipinski definition) is 6. The summed E-state index contributed by atoms with van der Waals surface area (Å²) in [6.45, 7) is 2.01. The van der Waals surface area contributed by atoms with Crippen molar-refractivity contribution in [2.24, 2.45) is 0 Å². The molecule has 26 heavy (non-hydrogen) atoms. The van der Waals surface area contributed by atoms with E-state index < -0.39 is 10.0 Å². The molecule has 1 fully saturated rings. The summed E-state index contributed by atoms with van der Waals surface area (Å²) >= 11 is 1.29. The third-order valence-electron chi connectivity index (χ3n) is 4.28. The predicted octanol–water partition coefficient (Wildman–Crippen LogP) is 3.96. The molecule has 0 atom stereocenters. The Morgan fingerprint density at radius 1 is 1.23 bits per heavy atom. The lowest BCUT2D eigenvalue weighted by atomic mass is 10.1. The van der Waals surface area contributed by atoms with Gasteiger partial charge in [0.1, 0.15) is 4.21 Å². The van der Waals surface area contributed by atoms with Crippen LogP contribution in [-0.2, 0) is 22.9 Å². The summed E-state index contributed by atoms with van der Waals surface area (Å²) in [6, 6.07) is 10.8. The minimum Gasteiger partial charge on any atom is -0.339 e. The molecule has 1 aliphatic rings. The number of rotatable bonds is 7. The zero-order chi connectivity index (χ0) is 18.1. The molecule has 1 aromatic carbocycles. The van der Waals surface area contributed by atoms with Crippen molar-refractivity contribution in [1.82, 2.24) is 10.1 Å². The van der Waals surface area contributed by atoms with Gasteiger partial charge in [0.2, 0.25) is 5.89 Å². The van der Waals surface area contributed by atoms with Crippen molar-refractivity contribution < 1.29 is 12.9 Å². The summed E-state index contributed by atoms with van der Waals surface area (Å²) in [4.78, 5) is 5.46. The number of sulfonamides is 1. The maximum absolute atomic E-state index is 12.7. The van der Waals surface area contributed by atoms with Crippen molar-refractivity contribution in [2.45, 2.75) is 42.7 Å². The number of thiophene rings is 1. The Labute approximate surface area is 156 Å². The summed E-state index contributed by atoms with van der Waals surface area (Å²) in [5.41, 5.74) is 1.33. The molecular formula is C18H19N3O3S2. The van der Waals surface area contributed by atoms with Crippen LogP contribution in [0.25, 0.3) is 0 Å². The van der Waals surface area contributed by atoms with E-state index in [1.165, 1.54) is 11.3 Å². The number of hydrogen-bond donors (Lipinski definition) is 1. The maximum Gasteiger partial charge on any atom is 0.271 e. The highest BCUT2D eigenvalue weighted by Crippen LogP contribution is 2.38. The third kappa shape index (κ3) is 3.66. The number of nitrogens with one attached hydrogen (secondary N) is 1. The van der Waals surface area contributed by atoms with E-state index in [0.29, 0.717) is 28.1 Å². The number of benzene rings is 1. The SMILES string of the molecule is CCc1ccc(S(=O)(=O)Nc2ccccc2Cc2nc(C3CC3)no2)s1. The normalized spacial score (nSPS) is 14.5. The Bertz CT molecular complexity index is 1020. The van der Waals surface area contributed by atoms with Crippen molar-refractivity contribution in [3.8, 4) is 0 Å². The molecule has 2 aromatic heterocycles. The van der Waals surface area contributed by atoms with Crippen LogP contribution in [-0.4, -0.2) is 18.6 Å². The topological polar surface area (TPSA) is 85.1 Å². The van der Waals surface area contributed by atoms with Crippen LogP contribution < -0.4 is 4.72 Å². The highest BCUT2D eigenvalue weighted by atomic mass is 32.2. The molecule has 0 spiro atoms. The van der Waals surface area contributed by atoms with Crippen LogP contribution in [0.1, 0.15) is 47.8 Å². The van der Waals surface area contributed by atoms with Gasteiger partial charge in [-0.15, -0.1) is 11.3 Å². The summed E-state index contributed by atoms with van der Waals surface area (Å²) in [6.07, 6.45) is 3.42. The third-order valence-corrected chi connectivity index (χ3v) is 7.37. The molecule has 0 radical (unpaired) electrons. The average molecular weight is 390 g/mol. The lowest BCUT2D eigenvalue weighted by Crippen LogP contribution is -2.13. The predicted molar refractivity (Wildman–Crippen MR) is 100 cm³/mol. The first-order valence-electron chi connectivity index (χ1n) is 8.57. The minimum absolute atomic E-state index is 0.318. The van der Waals surface area contributed by atoms with Crippen LogP contribution in [0.4, 0.5) is 5.69 Å². The molecule has 0 saturated heterocycles. The largest absolute Gasteiger partial charge is 0.339 e. The molecular weight excluding hydrogens is 370 g/mol. The average Bonchev–Trinajstić information content (AvgIpc) is 3.17. The van der Waals surface area contributed by atoms with Crippen LogP contribution in [0.2, 0.25) is 0 Å². The molecule has 4 rings (SSSR count). The van der Waals surface area contributed by atoms with Crippen LogP contribution in [0.5, 0.6) is 0 Å². The molecule has 6 nitrogen and oxygen atoms in total. The van der Waals surface area contributed by atoms with Gasteiger partial charge in [-0.3, -0.25) is 4.72 Å². The molecule has 3 aromatic rings. The van der Waals surface area contributed by atoms with Gasteiger partial charge in [0.15, 0.2) is 5.82 Å². The highest BCUT2D eigenvalue weighted by Gasteiger charge is 2.29. The molecule has 136 valence electrons. The van der Waals surface area contributed by atoms with Crippen molar-refractivity contribution in [1.29, 1.82) is 0 Å². The van der Waals surface area contributed by atoms with Crippen molar-refractivity contribution in [3.63, 3.8) is 0 Å². The highest BCUT2D eigenvalue weighted by molar-refractivity contribution is 7.94. The molecule has 0 aliphatic heterocycles. The van der Waals surface area contributed by atoms with Crippen molar-refractivity contribution >= 4 is 27.0 Å². The fourth-order valence-electron chi connectivity index (χ4n) is 2.67. The van der Waals surface area contributed by atoms with Gasteiger partial charge in [0.05, 0.1) is 12.1 Å². The first kappa shape index (κ1) is 17.2. The first-order valence-corrected chi connectivity index (χ1v) is 10.9. The second kappa shape index (κ2) is 6.85. The van der Waals surface area contributed by atoms with Crippen molar-refractivity contribution in [3.05, 3.63) is 58.6 Å². The summed E-state index contributed by atoms with van der Waals surface area (Å²) in [7, 11) is -3.61. The monoisotopic (exact) mass is 389 g/mol. The van der Waals surface area contributed by atoms with Crippen LogP contribution in [0, 0.1) is 0 Å². The Kier molecular flexibility index (Phi) is 4.54. The standard InChI is InChI=1S/C18H19N3O3S2/c1-2-14-9-10-17(25-14)26(22,23)21-15-6-4-3-5-13(15)11-16-19-18(20-24-16)12-7-8-12/h3-6,9-10,12,21H,2,7-8,11H2,1H3. The van der Waals surface area contributed by atoms with Gasteiger partial charge >= 0.3 is 0 Å². The van der Waals surface area contributed by atoms with Gasteiger partial charge in [-0.25, -0.2) is 8.42 Å². The van der Waals surface area contributed by atoms with Gasteiger partial charge in [-0.05, 0) is 43.0 Å². The van der Waals surface area contributed by atoms with Gasteiger partial charge in [-0.2, -0.15) is 4.98 Å². The molecule has 1 saturated carbocycles. The lowest BCUT2D eigenvalue weighted by molar-refractivity contribution is 0.379. The van der Waals surface area contributed by atoms with Crippen LogP contribution in [0.15, 0.2) is 45.1 Å². The Hall–Kier alpha value is -2.19. The van der Waals surface area contributed by atoms with E-state index in [-0.39, 0.29) is 0 Å². The second-order valence-electron chi connectivity index (χ2n) is 6.33. The van der Waals surface area contributed by atoms with E-state index in [4.69, 9.17) is 4.52 Å². The van der Waals surface area contributed by atoms with Gasteiger partial charge in [0, 0.05) is 10.8 Å². The first-order chi connectivity index (χ1) is 12.5. The van der Waals surface area contributed by atoms with E-state index in [0.717, 1.165) is 35.5 Å². The van der Waals surface area contributed by atoms with E-state index in [2.05, 4.69) is 14.9 Å². The summed E-state index contributed by atoms with van der Waals surface area (Å²) < 4.78 is 33.7. The van der Waals surface area contributed by atoms with E-state index in [9.17, 15) is 8.42 Å². The molecule has 0 bridgehead atoms. The molecule has 8 heteroatoms. The van der Waals surface area contributed by atoms with Crippen molar-refractivity contribution in [2.75, 3.05) is 4.72 Å². The summed E-state index contributed by atoms with van der Waals surface area (Å²) in [5.74, 6) is 1.68. The zero-order valence-electron chi connectivity index (χ0n) is 14.3. The van der Waals surface area contributed by atoms with Gasteiger partial charge in [-0.1, -0.05) is 30.3 Å². The molecule has 1 aliphatic carbocycles. The maximum atomic E-state index is 12.7. The molecule has 1 N–H and O–H groups in total. The fourth-order valence-corrected chi connectivity index (χ4v) is 5.07. The Morgan fingerprint density at radius 3 is 2.77 bits per heavy atom. The zero-order valence-corrected chi connectivity index (χ0v) is 15.9.